The second kappa shape index (κ2) is 14.2. The Morgan fingerprint density at radius 2 is 1.47 bits per heavy atom. The number of aryl methyl sites for hydroxylation is 3. The zero-order chi connectivity index (χ0) is 27.0. The van der Waals surface area contributed by atoms with E-state index in [1.807, 2.05) is 0 Å². The van der Waals surface area contributed by atoms with Crippen LogP contribution in [0.4, 0.5) is 0 Å². The lowest BCUT2D eigenvalue weighted by Crippen LogP contribution is -2.36. The highest BCUT2D eigenvalue weighted by molar-refractivity contribution is 5.69. The van der Waals surface area contributed by atoms with Gasteiger partial charge >= 0.3 is 0 Å². The molecule has 0 heteroatoms. The standard InChI is InChI=1S/C38H58/c1-6-8-11-15-32-16-22-37(29(3)27-32)34-19-23-36(30(4)28-34)31(5)33-17-20-35(21-18-33)38(24-12-9-7-2)25-13-10-14-26-38/h16,19,22-23,27-28,31,33,35H,6-15,17-18,20-21,24-26H2,1-5H3. The van der Waals surface area contributed by atoms with Gasteiger partial charge in [-0.25, -0.2) is 0 Å². The Bertz CT molecular complexity index is 983. The van der Waals surface area contributed by atoms with Crippen LogP contribution in [0.5, 0.6) is 0 Å². The van der Waals surface area contributed by atoms with Crippen LogP contribution < -0.4 is 0 Å². The van der Waals surface area contributed by atoms with Gasteiger partial charge in [0, 0.05) is 0 Å². The van der Waals surface area contributed by atoms with Crippen molar-refractivity contribution in [2.24, 2.45) is 17.3 Å². The van der Waals surface area contributed by atoms with Gasteiger partial charge in [-0.05, 0) is 128 Å². The first-order chi connectivity index (χ1) is 18.5. The molecule has 0 spiro atoms. The monoisotopic (exact) mass is 514 g/mol. The van der Waals surface area contributed by atoms with Gasteiger partial charge in [0.15, 0.2) is 0 Å². The first-order valence-electron chi connectivity index (χ1n) is 16.7. The van der Waals surface area contributed by atoms with Crippen molar-refractivity contribution >= 4 is 0 Å². The highest BCUT2D eigenvalue weighted by Gasteiger charge is 2.41. The second-order valence-corrected chi connectivity index (χ2v) is 13.5. The molecular formula is C38H58. The third-order valence-electron chi connectivity index (χ3n) is 10.9. The van der Waals surface area contributed by atoms with E-state index in [2.05, 4.69) is 71.0 Å². The molecule has 0 radical (unpaired) electrons. The topological polar surface area (TPSA) is 0 Å². The second-order valence-electron chi connectivity index (χ2n) is 13.5. The smallest absolute Gasteiger partial charge is 0.0154 e. The predicted molar refractivity (Wildman–Crippen MR) is 168 cm³/mol. The van der Waals surface area contributed by atoms with Crippen LogP contribution in [-0.2, 0) is 6.42 Å². The fourth-order valence-electron chi connectivity index (χ4n) is 8.47. The summed E-state index contributed by atoms with van der Waals surface area (Å²) >= 11 is 0. The fraction of sp³-hybridized carbons (Fsp3) is 0.684. The van der Waals surface area contributed by atoms with Crippen LogP contribution in [0.25, 0.3) is 11.1 Å². The lowest BCUT2D eigenvalue weighted by atomic mass is 9.58. The normalized spacial score (nSPS) is 22.3. The molecule has 38 heavy (non-hydrogen) atoms. The fourth-order valence-corrected chi connectivity index (χ4v) is 8.47. The first kappa shape index (κ1) is 29.4. The lowest BCUT2D eigenvalue weighted by Gasteiger charge is -2.47. The Morgan fingerprint density at radius 1 is 0.763 bits per heavy atom. The summed E-state index contributed by atoms with van der Waals surface area (Å²) in [7, 11) is 0. The number of hydrogen-bond donors (Lipinski definition) is 0. The van der Waals surface area contributed by atoms with Crippen molar-refractivity contribution < 1.29 is 0 Å². The maximum atomic E-state index is 2.53. The SMILES string of the molecule is CCCCCc1ccc(-c2ccc(C(C)C3CCC(C4(CCCCC)CCCCC4)CC3)c(C)c2)c(C)c1. The summed E-state index contributed by atoms with van der Waals surface area (Å²) in [5.41, 5.74) is 9.51. The minimum atomic E-state index is 0.675. The van der Waals surface area contributed by atoms with Gasteiger partial charge in [-0.2, -0.15) is 0 Å². The summed E-state index contributed by atoms with van der Waals surface area (Å²) in [6, 6.07) is 14.5. The van der Waals surface area contributed by atoms with Crippen molar-refractivity contribution in [2.45, 2.75) is 150 Å². The molecule has 1 unspecified atom stereocenters. The van der Waals surface area contributed by atoms with Crippen molar-refractivity contribution in [3.8, 4) is 11.1 Å². The highest BCUT2D eigenvalue weighted by atomic mass is 14.5. The van der Waals surface area contributed by atoms with E-state index in [0.29, 0.717) is 11.3 Å². The Hall–Kier alpha value is -1.56. The van der Waals surface area contributed by atoms with Crippen molar-refractivity contribution in [1.29, 1.82) is 0 Å². The molecular weight excluding hydrogens is 456 g/mol. The van der Waals surface area contributed by atoms with E-state index in [1.165, 1.54) is 137 Å². The summed E-state index contributed by atoms with van der Waals surface area (Å²) in [5.74, 6) is 2.53. The number of benzene rings is 2. The van der Waals surface area contributed by atoms with Crippen LogP contribution in [-0.4, -0.2) is 0 Å². The molecule has 210 valence electrons. The summed E-state index contributed by atoms with van der Waals surface area (Å²) < 4.78 is 0. The predicted octanol–water partition coefficient (Wildman–Crippen LogP) is 12.1. The van der Waals surface area contributed by atoms with Gasteiger partial charge in [-0.15, -0.1) is 0 Å². The van der Waals surface area contributed by atoms with E-state index < -0.39 is 0 Å². The van der Waals surface area contributed by atoms with Crippen LogP contribution >= 0.6 is 0 Å². The van der Waals surface area contributed by atoms with Gasteiger partial charge < -0.3 is 0 Å². The van der Waals surface area contributed by atoms with Gasteiger partial charge in [0.05, 0.1) is 0 Å². The molecule has 2 aliphatic carbocycles. The molecule has 2 aromatic rings. The Labute approximate surface area is 236 Å². The van der Waals surface area contributed by atoms with Crippen LogP contribution in [0, 0.1) is 31.1 Å². The summed E-state index contributed by atoms with van der Waals surface area (Å²) in [6.07, 6.45) is 24.3. The van der Waals surface area contributed by atoms with Gasteiger partial charge in [0.1, 0.15) is 0 Å². The number of unbranched alkanes of at least 4 members (excludes halogenated alkanes) is 4. The largest absolute Gasteiger partial charge is 0.0654 e. The third kappa shape index (κ3) is 7.14. The van der Waals surface area contributed by atoms with E-state index in [0.717, 1.165) is 11.8 Å². The minimum Gasteiger partial charge on any atom is -0.0654 e. The van der Waals surface area contributed by atoms with E-state index >= 15 is 0 Å². The molecule has 2 aliphatic rings. The maximum absolute atomic E-state index is 2.53. The van der Waals surface area contributed by atoms with E-state index in [4.69, 9.17) is 0 Å². The molecule has 0 saturated heterocycles. The van der Waals surface area contributed by atoms with Gasteiger partial charge in [-0.1, -0.05) is 109 Å². The Kier molecular flexibility index (Phi) is 11.0. The van der Waals surface area contributed by atoms with Crippen molar-refractivity contribution in [3.63, 3.8) is 0 Å². The van der Waals surface area contributed by atoms with E-state index in [-0.39, 0.29) is 0 Å². The molecule has 2 aromatic carbocycles. The van der Waals surface area contributed by atoms with Crippen LogP contribution in [0.1, 0.15) is 152 Å². The van der Waals surface area contributed by atoms with Gasteiger partial charge in [0.2, 0.25) is 0 Å². The summed E-state index contributed by atoms with van der Waals surface area (Å²) in [4.78, 5) is 0. The first-order valence-corrected chi connectivity index (χ1v) is 16.7. The molecule has 0 amide bonds. The third-order valence-corrected chi connectivity index (χ3v) is 10.9. The zero-order valence-corrected chi connectivity index (χ0v) is 25.7. The van der Waals surface area contributed by atoms with Crippen molar-refractivity contribution in [2.75, 3.05) is 0 Å². The molecule has 0 bridgehead atoms. The van der Waals surface area contributed by atoms with Crippen LogP contribution in [0.2, 0.25) is 0 Å². The Balaban J connectivity index is 1.39. The minimum absolute atomic E-state index is 0.675. The summed E-state index contributed by atoms with van der Waals surface area (Å²) in [5, 5.41) is 0. The van der Waals surface area contributed by atoms with Gasteiger partial charge in [0.25, 0.3) is 0 Å². The molecule has 0 aromatic heterocycles. The molecule has 0 nitrogen and oxygen atoms in total. The summed E-state index contributed by atoms with van der Waals surface area (Å²) in [6.45, 7) is 11.8. The molecule has 2 fully saturated rings. The molecule has 0 N–H and O–H groups in total. The molecule has 1 atom stereocenters. The van der Waals surface area contributed by atoms with Crippen molar-refractivity contribution in [3.05, 3.63) is 58.7 Å². The molecule has 0 aliphatic heterocycles. The lowest BCUT2D eigenvalue weighted by molar-refractivity contribution is 0.0409. The zero-order valence-electron chi connectivity index (χ0n) is 25.7. The maximum Gasteiger partial charge on any atom is -0.0154 e. The van der Waals surface area contributed by atoms with E-state index in [9.17, 15) is 0 Å². The molecule has 2 saturated carbocycles. The highest BCUT2D eigenvalue weighted by Crippen LogP contribution is 2.53. The molecule has 0 heterocycles. The van der Waals surface area contributed by atoms with Crippen LogP contribution in [0.3, 0.4) is 0 Å². The van der Waals surface area contributed by atoms with Crippen molar-refractivity contribution in [1.82, 2.24) is 0 Å². The Morgan fingerprint density at radius 3 is 2.13 bits per heavy atom. The van der Waals surface area contributed by atoms with E-state index in [1.54, 1.807) is 5.56 Å². The van der Waals surface area contributed by atoms with Crippen LogP contribution in [0.15, 0.2) is 36.4 Å². The number of rotatable bonds is 12. The average molecular weight is 515 g/mol. The van der Waals surface area contributed by atoms with Gasteiger partial charge in [-0.3, -0.25) is 0 Å². The number of hydrogen-bond acceptors (Lipinski definition) is 0. The molecule has 4 rings (SSSR count). The quantitative estimate of drug-likeness (QED) is 0.247. The average Bonchev–Trinajstić information content (AvgIpc) is 2.94.